The van der Waals surface area contributed by atoms with Crippen molar-refractivity contribution in [1.29, 1.82) is 0 Å². The number of hydrogen-bond donors (Lipinski definition) is 2. The Balaban J connectivity index is 1.79. The highest BCUT2D eigenvalue weighted by Gasteiger charge is 2.14. The Hall–Kier alpha value is -2.53. The molecule has 2 N–H and O–H groups in total. The van der Waals surface area contributed by atoms with E-state index in [4.69, 9.17) is 9.47 Å². The molecule has 1 atom stereocenters. The van der Waals surface area contributed by atoms with E-state index in [1.165, 1.54) is 0 Å². The minimum absolute atomic E-state index is 0.274. The van der Waals surface area contributed by atoms with Crippen molar-refractivity contribution in [2.75, 3.05) is 6.79 Å². The number of aliphatic hydroxyl groups is 1. The van der Waals surface area contributed by atoms with Crippen LogP contribution in [0.1, 0.15) is 18.9 Å². The van der Waals surface area contributed by atoms with Crippen LogP contribution in [0.2, 0.25) is 0 Å². The lowest BCUT2D eigenvalue weighted by molar-refractivity contribution is 0.174. The molecule has 1 aromatic heterocycles. The van der Waals surface area contributed by atoms with Crippen LogP contribution < -0.4 is 9.47 Å². The highest BCUT2D eigenvalue weighted by atomic mass is 16.7. The molecule has 2 heterocycles. The summed E-state index contributed by atoms with van der Waals surface area (Å²) in [6.07, 6.45) is -0.605. The van der Waals surface area contributed by atoms with Gasteiger partial charge in [-0.15, -0.1) is 0 Å². The zero-order valence-electron chi connectivity index (χ0n) is 11.5. The van der Waals surface area contributed by atoms with Gasteiger partial charge in [-0.3, -0.25) is 0 Å². The number of imidazole rings is 1. The van der Waals surface area contributed by atoms with Crippen LogP contribution in [0.25, 0.3) is 22.2 Å². The third kappa shape index (κ3) is 2.02. The number of aromatic nitrogens is 2. The molecule has 0 fully saturated rings. The van der Waals surface area contributed by atoms with E-state index in [1.54, 1.807) is 6.92 Å². The van der Waals surface area contributed by atoms with Gasteiger partial charge in [0, 0.05) is 0 Å². The summed E-state index contributed by atoms with van der Waals surface area (Å²) in [5.41, 5.74) is 3.85. The molecule has 0 radical (unpaired) electrons. The first kappa shape index (κ1) is 12.2. The van der Waals surface area contributed by atoms with Gasteiger partial charge in [0.25, 0.3) is 0 Å². The highest BCUT2D eigenvalue weighted by Crippen LogP contribution is 2.36. The molecule has 21 heavy (non-hydrogen) atoms. The van der Waals surface area contributed by atoms with Gasteiger partial charge < -0.3 is 19.6 Å². The molecule has 1 unspecified atom stereocenters. The lowest BCUT2D eigenvalue weighted by Crippen LogP contribution is -1.92. The summed E-state index contributed by atoms with van der Waals surface area (Å²) in [6.45, 7) is 1.96. The number of aliphatic hydroxyl groups excluding tert-OH is 1. The van der Waals surface area contributed by atoms with Crippen LogP contribution >= 0.6 is 0 Å². The average molecular weight is 282 g/mol. The van der Waals surface area contributed by atoms with Crippen LogP contribution in [0.4, 0.5) is 0 Å². The molecular weight excluding hydrogens is 268 g/mol. The summed E-state index contributed by atoms with van der Waals surface area (Å²) in [6, 6.07) is 11.8. The van der Waals surface area contributed by atoms with Crippen molar-refractivity contribution in [2.24, 2.45) is 0 Å². The lowest BCUT2D eigenvalue weighted by atomic mass is 10.0. The van der Waals surface area contributed by atoms with Gasteiger partial charge in [-0.2, -0.15) is 0 Å². The molecule has 2 aromatic carbocycles. The van der Waals surface area contributed by atoms with E-state index in [9.17, 15) is 5.11 Å². The summed E-state index contributed by atoms with van der Waals surface area (Å²) in [7, 11) is 0. The van der Waals surface area contributed by atoms with Gasteiger partial charge in [-0.05, 0) is 42.3 Å². The van der Waals surface area contributed by atoms with Crippen LogP contribution in [0.5, 0.6) is 11.5 Å². The van der Waals surface area contributed by atoms with Crippen molar-refractivity contribution in [3.05, 3.63) is 42.2 Å². The number of rotatable bonds is 2. The fraction of sp³-hybridized carbons (Fsp3) is 0.188. The lowest BCUT2D eigenvalue weighted by Gasteiger charge is -2.03. The van der Waals surface area contributed by atoms with Gasteiger partial charge >= 0.3 is 0 Å². The SMILES string of the molecule is CC(O)c1nc2ccc(-c3ccc4c(c3)OCO4)cc2[nH]1. The van der Waals surface area contributed by atoms with Crippen LogP contribution in [0, 0.1) is 0 Å². The van der Waals surface area contributed by atoms with Gasteiger partial charge in [-0.1, -0.05) is 12.1 Å². The molecule has 5 nitrogen and oxygen atoms in total. The molecule has 0 aliphatic carbocycles. The number of benzene rings is 2. The van der Waals surface area contributed by atoms with Crippen molar-refractivity contribution < 1.29 is 14.6 Å². The van der Waals surface area contributed by atoms with Gasteiger partial charge in [-0.25, -0.2) is 4.98 Å². The summed E-state index contributed by atoms with van der Waals surface area (Å²) in [5, 5.41) is 9.59. The highest BCUT2D eigenvalue weighted by molar-refractivity contribution is 5.82. The second-order valence-electron chi connectivity index (χ2n) is 5.10. The standard InChI is InChI=1S/C16H14N2O3/c1-9(19)16-17-12-4-2-10(6-13(12)18-16)11-3-5-14-15(7-11)21-8-20-14/h2-7,9,19H,8H2,1H3,(H,17,18). The number of ether oxygens (including phenoxy) is 2. The number of nitrogens with one attached hydrogen (secondary N) is 1. The molecule has 1 aliphatic heterocycles. The molecule has 3 aromatic rings. The Morgan fingerprint density at radius 3 is 2.71 bits per heavy atom. The zero-order chi connectivity index (χ0) is 14.4. The fourth-order valence-corrected chi connectivity index (χ4v) is 2.48. The first-order valence-corrected chi connectivity index (χ1v) is 6.78. The summed E-state index contributed by atoms with van der Waals surface area (Å²) < 4.78 is 10.7. The van der Waals surface area contributed by atoms with Gasteiger partial charge in [0.2, 0.25) is 6.79 Å². The molecular formula is C16H14N2O3. The Kier molecular flexibility index (Phi) is 2.62. The molecule has 0 saturated carbocycles. The van der Waals surface area contributed by atoms with E-state index in [2.05, 4.69) is 9.97 Å². The first-order valence-electron chi connectivity index (χ1n) is 6.78. The van der Waals surface area contributed by atoms with Crippen molar-refractivity contribution in [3.63, 3.8) is 0 Å². The van der Waals surface area contributed by atoms with Gasteiger partial charge in [0.15, 0.2) is 11.5 Å². The van der Waals surface area contributed by atoms with E-state index >= 15 is 0 Å². The predicted octanol–water partition coefficient (Wildman–Crippen LogP) is 3.01. The predicted molar refractivity (Wildman–Crippen MR) is 78.3 cm³/mol. The number of hydrogen-bond acceptors (Lipinski definition) is 4. The van der Waals surface area contributed by atoms with E-state index in [-0.39, 0.29) is 6.79 Å². The van der Waals surface area contributed by atoms with Crippen LogP contribution in [-0.4, -0.2) is 21.9 Å². The molecule has 0 saturated heterocycles. The smallest absolute Gasteiger partial charge is 0.231 e. The second-order valence-corrected chi connectivity index (χ2v) is 5.10. The molecule has 5 heteroatoms. The summed E-state index contributed by atoms with van der Waals surface area (Å²) >= 11 is 0. The Morgan fingerprint density at radius 1 is 1.10 bits per heavy atom. The maximum Gasteiger partial charge on any atom is 0.231 e. The Labute approximate surface area is 121 Å². The van der Waals surface area contributed by atoms with E-state index < -0.39 is 6.10 Å². The quantitative estimate of drug-likeness (QED) is 0.758. The third-order valence-corrected chi connectivity index (χ3v) is 3.60. The minimum Gasteiger partial charge on any atom is -0.454 e. The normalized spacial score (nSPS) is 14.6. The molecule has 0 bridgehead atoms. The molecule has 4 rings (SSSR count). The molecule has 1 aliphatic rings. The molecule has 0 spiro atoms. The average Bonchev–Trinajstić information content (AvgIpc) is 3.12. The third-order valence-electron chi connectivity index (χ3n) is 3.60. The molecule has 0 amide bonds. The van der Waals surface area contributed by atoms with Gasteiger partial charge in [0.05, 0.1) is 11.0 Å². The van der Waals surface area contributed by atoms with E-state index in [1.807, 2.05) is 36.4 Å². The number of aromatic amines is 1. The maximum absolute atomic E-state index is 9.59. The minimum atomic E-state index is -0.605. The van der Waals surface area contributed by atoms with Crippen molar-refractivity contribution in [1.82, 2.24) is 9.97 Å². The topological polar surface area (TPSA) is 67.4 Å². The largest absolute Gasteiger partial charge is 0.454 e. The Morgan fingerprint density at radius 2 is 1.86 bits per heavy atom. The van der Waals surface area contributed by atoms with Crippen LogP contribution in [-0.2, 0) is 0 Å². The summed E-state index contributed by atoms with van der Waals surface area (Å²) in [5.74, 6) is 2.12. The first-order chi connectivity index (χ1) is 10.2. The monoisotopic (exact) mass is 282 g/mol. The fourth-order valence-electron chi connectivity index (χ4n) is 2.48. The van der Waals surface area contributed by atoms with Crippen molar-refractivity contribution in [2.45, 2.75) is 13.0 Å². The van der Waals surface area contributed by atoms with E-state index in [0.717, 1.165) is 33.7 Å². The zero-order valence-corrected chi connectivity index (χ0v) is 11.5. The number of fused-ring (bicyclic) bond motifs is 2. The van der Waals surface area contributed by atoms with Crippen LogP contribution in [0.15, 0.2) is 36.4 Å². The van der Waals surface area contributed by atoms with Crippen molar-refractivity contribution in [3.8, 4) is 22.6 Å². The summed E-state index contributed by atoms with van der Waals surface area (Å²) in [4.78, 5) is 7.50. The number of nitrogens with zero attached hydrogens (tertiary/aromatic N) is 1. The van der Waals surface area contributed by atoms with Crippen molar-refractivity contribution >= 4 is 11.0 Å². The van der Waals surface area contributed by atoms with Crippen LogP contribution in [0.3, 0.4) is 0 Å². The second kappa shape index (κ2) is 4.49. The Bertz CT molecular complexity index is 824. The maximum atomic E-state index is 9.59. The number of H-pyrrole nitrogens is 1. The van der Waals surface area contributed by atoms with Gasteiger partial charge in [0.1, 0.15) is 11.9 Å². The molecule has 106 valence electrons. The van der Waals surface area contributed by atoms with E-state index in [0.29, 0.717) is 5.82 Å².